The van der Waals surface area contributed by atoms with Gasteiger partial charge in [-0.3, -0.25) is 14.6 Å². The number of fused-ring (bicyclic) bond motifs is 3. The minimum Gasteiger partial charge on any atom is -0.382 e. The molecule has 1 unspecified atom stereocenters. The van der Waals surface area contributed by atoms with Gasteiger partial charge in [0.15, 0.2) is 0 Å². The Morgan fingerprint density at radius 1 is 1.10 bits per heavy atom. The van der Waals surface area contributed by atoms with Gasteiger partial charge in [-0.25, -0.2) is 13.9 Å². The van der Waals surface area contributed by atoms with Crippen LogP contribution in [0.5, 0.6) is 0 Å². The zero-order valence-electron chi connectivity index (χ0n) is 19.0. The molecule has 2 aliphatic rings. The van der Waals surface area contributed by atoms with Crippen LogP contribution < -0.4 is 9.88 Å². The molecular formula is C23H31N6O2+. The number of aromatic nitrogens is 2. The Labute approximate surface area is 183 Å². The Morgan fingerprint density at radius 3 is 2.48 bits per heavy atom. The number of unbranched alkanes of at least 4 members (excludes halogenated alkanes) is 1. The molecule has 1 aromatic heterocycles. The summed E-state index contributed by atoms with van der Waals surface area (Å²) in [5, 5.41) is 3.48. The highest BCUT2D eigenvalue weighted by molar-refractivity contribution is 6.20. The Balaban J connectivity index is 1.52. The van der Waals surface area contributed by atoms with E-state index in [1.54, 1.807) is 7.05 Å². The van der Waals surface area contributed by atoms with Crippen molar-refractivity contribution in [2.24, 2.45) is 4.99 Å². The van der Waals surface area contributed by atoms with E-state index in [1.807, 2.05) is 18.4 Å². The van der Waals surface area contributed by atoms with Gasteiger partial charge in [-0.15, -0.1) is 0 Å². The summed E-state index contributed by atoms with van der Waals surface area (Å²) in [6, 6.07) is 7.69. The molecule has 2 aromatic rings. The lowest BCUT2D eigenvalue weighted by Gasteiger charge is -2.30. The summed E-state index contributed by atoms with van der Waals surface area (Å²) in [6.45, 7) is 7.69. The van der Waals surface area contributed by atoms with Crippen molar-refractivity contribution < 1.29 is 14.2 Å². The summed E-state index contributed by atoms with van der Waals surface area (Å²) in [5.41, 5.74) is 4.52. The number of likely N-dealkylation sites (N-methyl/N-ethyl adjacent to an activating group) is 2. The lowest BCUT2D eigenvalue weighted by molar-refractivity contribution is -0.686. The number of carbonyl (C=O) groups excluding carboxylic acids is 2. The topological polar surface area (TPSA) is 73.8 Å². The van der Waals surface area contributed by atoms with Crippen LogP contribution in [-0.4, -0.2) is 52.8 Å². The van der Waals surface area contributed by atoms with Crippen LogP contribution in [0.4, 0.5) is 16.4 Å². The molecule has 1 fully saturated rings. The maximum absolute atomic E-state index is 12.8. The third kappa shape index (κ3) is 3.49. The van der Waals surface area contributed by atoms with Crippen LogP contribution in [0.15, 0.2) is 29.3 Å². The van der Waals surface area contributed by atoms with Crippen molar-refractivity contribution in [1.82, 2.24) is 14.4 Å². The van der Waals surface area contributed by atoms with E-state index in [-0.39, 0.29) is 11.9 Å². The number of imidazole rings is 1. The number of rotatable bonds is 7. The highest BCUT2D eigenvalue weighted by Gasteiger charge is 2.53. The van der Waals surface area contributed by atoms with E-state index < -0.39 is 6.04 Å². The SMILES string of the molecule is CCCCc1ccc(NCC[n+]2c(C)c(C)n3c2N=C2C3C(=O)N(C)C(=O)N2C)cc1. The van der Waals surface area contributed by atoms with Crippen LogP contribution in [0, 0.1) is 13.8 Å². The van der Waals surface area contributed by atoms with Crippen LogP contribution >= 0.6 is 0 Å². The molecule has 3 amide bonds. The van der Waals surface area contributed by atoms with Crippen molar-refractivity contribution >= 4 is 29.4 Å². The fraction of sp³-hybridized carbons (Fsp3) is 0.478. The molecule has 164 valence electrons. The third-order valence-electron chi connectivity index (χ3n) is 6.38. The smallest absolute Gasteiger partial charge is 0.382 e. The molecule has 1 aromatic carbocycles. The van der Waals surface area contributed by atoms with Gasteiger partial charge in [0.05, 0.1) is 6.54 Å². The molecule has 3 heterocycles. The third-order valence-corrected chi connectivity index (χ3v) is 6.38. The monoisotopic (exact) mass is 423 g/mol. The quantitative estimate of drug-likeness (QED) is 0.696. The van der Waals surface area contributed by atoms with Crippen LogP contribution in [0.2, 0.25) is 0 Å². The molecule has 1 atom stereocenters. The molecule has 8 nitrogen and oxygen atoms in total. The number of benzene rings is 1. The first-order valence-electron chi connectivity index (χ1n) is 10.9. The van der Waals surface area contributed by atoms with Crippen LogP contribution in [0.1, 0.15) is 42.8 Å². The average molecular weight is 424 g/mol. The number of amides is 3. The first kappa shape index (κ1) is 21.1. The van der Waals surface area contributed by atoms with E-state index in [4.69, 9.17) is 4.99 Å². The second-order valence-corrected chi connectivity index (χ2v) is 8.33. The molecule has 31 heavy (non-hydrogen) atoms. The van der Waals surface area contributed by atoms with Gasteiger partial charge in [0.1, 0.15) is 11.4 Å². The Hall–Kier alpha value is -3.16. The number of urea groups is 1. The first-order valence-corrected chi connectivity index (χ1v) is 10.9. The number of amidine groups is 1. The fourth-order valence-electron chi connectivity index (χ4n) is 4.33. The van der Waals surface area contributed by atoms with Crippen LogP contribution in [0.25, 0.3) is 0 Å². The van der Waals surface area contributed by atoms with Crippen molar-refractivity contribution in [2.45, 2.75) is 52.6 Å². The summed E-state index contributed by atoms with van der Waals surface area (Å²) >= 11 is 0. The molecule has 0 bridgehead atoms. The number of aryl methyl sites for hydroxylation is 1. The lowest BCUT2D eigenvalue weighted by Crippen LogP contribution is -2.56. The second-order valence-electron chi connectivity index (χ2n) is 8.33. The van der Waals surface area contributed by atoms with Gasteiger partial charge in [0, 0.05) is 26.3 Å². The van der Waals surface area contributed by atoms with Crippen LogP contribution in [-0.2, 0) is 17.8 Å². The van der Waals surface area contributed by atoms with E-state index in [0.717, 1.165) is 36.0 Å². The maximum atomic E-state index is 12.8. The number of anilines is 1. The number of imide groups is 1. The molecule has 0 saturated carbocycles. The molecule has 0 aliphatic carbocycles. The van der Waals surface area contributed by atoms with E-state index >= 15 is 0 Å². The number of carbonyl (C=O) groups is 2. The van der Waals surface area contributed by atoms with E-state index in [9.17, 15) is 9.59 Å². The molecule has 0 radical (unpaired) electrons. The molecule has 2 aliphatic heterocycles. The number of nitrogens with one attached hydrogen (secondary N) is 1. The Kier molecular flexibility index (Phi) is 5.56. The van der Waals surface area contributed by atoms with Crippen molar-refractivity contribution in [1.29, 1.82) is 0 Å². The normalized spacial score (nSPS) is 17.7. The van der Waals surface area contributed by atoms with Crippen molar-refractivity contribution in [3.63, 3.8) is 0 Å². The zero-order valence-corrected chi connectivity index (χ0v) is 19.0. The highest BCUT2D eigenvalue weighted by Crippen LogP contribution is 2.34. The van der Waals surface area contributed by atoms with Gasteiger partial charge in [0.2, 0.25) is 11.9 Å². The predicted molar refractivity (Wildman–Crippen MR) is 120 cm³/mol. The number of nitrogens with zero attached hydrogens (tertiary/aromatic N) is 5. The average Bonchev–Trinajstić information content (AvgIpc) is 3.27. The fourth-order valence-corrected chi connectivity index (χ4v) is 4.33. The van der Waals surface area contributed by atoms with E-state index in [0.29, 0.717) is 12.4 Å². The number of aliphatic imine (C=N–C) groups is 1. The van der Waals surface area contributed by atoms with E-state index in [1.165, 1.54) is 35.3 Å². The van der Waals surface area contributed by atoms with Gasteiger partial charge >= 0.3 is 12.0 Å². The van der Waals surface area contributed by atoms with Gasteiger partial charge in [0.25, 0.3) is 5.91 Å². The van der Waals surface area contributed by atoms with E-state index in [2.05, 4.69) is 41.1 Å². The number of hydrogen-bond donors (Lipinski definition) is 1. The predicted octanol–water partition coefficient (Wildman–Crippen LogP) is 2.96. The summed E-state index contributed by atoms with van der Waals surface area (Å²) in [7, 11) is 3.19. The molecule has 8 heteroatoms. The highest BCUT2D eigenvalue weighted by atomic mass is 16.2. The standard InChI is InChI=1S/C23H31N6O2/c1-6-7-8-17-9-11-18(12-10-17)24-13-14-28-15(2)16(3)29-19-20(25-22(28)29)26(4)23(31)27(5)21(19)30/h9-12,19,24H,6-8,13-14H2,1-5H3/q+1. The summed E-state index contributed by atoms with van der Waals surface area (Å²) in [6.07, 6.45) is 3.54. The Bertz CT molecular complexity index is 1050. The molecule has 4 rings (SSSR count). The van der Waals surface area contributed by atoms with Crippen LogP contribution in [0.3, 0.4) is 0 Å². The molecule has 1 saturated heterocycles. The lowest BCUT2D eigenvalue weighted by atomic mass is 10.1. The maximum Gasteiger partial charge on any atom is 0.402 e. The zero-order chi connectivity index (χ0) is 22.3. The Morgan fingerprint density at radius 2 is 1.81 bits per heavy atom. The first-order chi connectivity index (χ1) is 14.8. The second kappa shape index (κ2) is 8.17. The summed E-state index contributed by atoms with van der Waals surface area (Å²) in [4.78, 5) is 32.5. The minimum atomic E-state index is -0.578. The molecular weight excluding hydrogens is 392 g/mol. The van der Waals surface area contributed by atoms with Crippen molar-refractivity contribution in [2.75, 3.05) is 26.0 Å². The molecule has 1 N–H and O–H groups in total. The van der Waals surface area contributed by atoms with Gasteiger partial charge in [-0.05, 0) is 44.4 Å². The van der Waals surface area contributed by atoms with Gasteiger partial charge in [-0.2, -0.15) is 0 Å². The van der Waals surface area contributed by atoms with Crippen molar-refractivity contribution in [3.8, 4) is 0 Å². The van der Waals surface area contributed by atoms with Gasteiger partial charge in [-0.1, -0.05) is 30.5 Å². The molecule has 0 spiro atoms. The minimum absolute atomic E-state index is 0.243. The van der Waals surface area contributed by atoms with Crippen molar-refractivity contribution in [3.05, 3.63) is 41.2 Å². The largest absolute Gasteiger partial charge is 0.402 e. The van der Waals surface area contributed by atoms with Gasteiger partial charge < -0.3 is 5.32 Å². The summed E-state index contributed by atoms with van der Waals surface area (Å²) < 4.78 is 4.07. The number of hydrogen-bond acceptors (Lipinski definition) is 4. The summed E-state index contributed by atoms with van der Waals surface area (Å²) in [5.74, 6) is 0.970.